The van der Waals surface area contributed by atoms with Gasteiger partial charge in [0.05, 0.1) is 9.79 Å². The monoisotopic (exact) mass is 496 g/mol. The topological polar surface area (TPSA) is 132 Å². The van der Waals surface area contributed by atoms with Crippen LogP contribution in [0.4, 0.5) is 0 Å². The highest BCUT2D eigenvalue weighted by atomic mass is 32.2. The first-order valence-electron chi connectivity index (χ1n) is 10.1. The Bertz CT molecular complexity index is 1190. The second-order valence-corrected chi connectivity index (χ2v) is 11.2. The van der Waals surface area contributed by atoms with Gasteiger partial charge in [-0.3, -0.25) is 13.2 Å². The number of carbonyl (C=O) groups excluding carboxylic acids is 1. The SMILES string of the molecule is Cc1ccc(S(=O)(=O)O[C@H]2C3OC4O[C@@H]2C(=O)[C@H](O4)[C@H]3OS(=O)(=O)c2ccc(C)cc2)cc1. The molecule has 0 amide bonds. The average Bonchev–Trinajstić information content (AvgIpc) is 2.76. The fraction of sp³-hybridized carbons (Fsp3) is 0.381. The van der Waals surface area contributed by atoms with Gasteiger partial charge in [0, 0.05) is 0 Å². The van der Waals surface area contributed by atoms with E-state index < -0.39 is 63.0 Å². The fourth-order valence-electron chi connectivity index (χ4n) is 3.95. The Morgan fingerprint density at radius 2 is 1.06 bits per heavy atom. The van der Waals surface area contributed by atoms with Crippen LogP contribution in [0.1, 0.15) is 11.1 Å². The van der Waals surface area contributed by atoms with Crippen LogP contribution in [-0.4, -0.2) is 59.6 Å². The van der Waals surface area contributed by atoms with E-state index in [9.17, 15) is 21.6 Å². The molecular weight excluding hydrogens is 476 g/mol. The largest absolute Gasteiger partial charge is 0.321 e. The first kappa shape index (κ1) is 22.6. The molecule has 0 radical (unpaired) electrons. The molecule has 2 unspecified atom stereocenters. The normalized spacial score (nSPS) is 31.2. The molecular formula is C21H20O10S2. The zero-order chi connectivity index (χ0) is 23.5. The predicted molar refractivity (Wildman–Crippen MR) is 110 cm³/mol. The van der Waals surface area contributed by atoms with Crippen LogP contribution in [0, 0.1) is 13.8 Å². The summed E-state index contributed by atoms with van der Waals surface area (Å²) in [5.74, 6) is -0.681. The molecule has 4 bridgehead atoms. The number of hydrogen-bond donors (Lipinski definition) is 0. The smallest absolute Gasteiger partial charge is 0.297 e. The summed E-state index contributed by atoms with van der Waals surface area (Å²) in [5, 5.41) is 0. The van der Waals surface area contributed by atoms with E-state index >= 15 is 0 Å². The predicted octanol–water partition coefficient (Wildman–Crippen LogP) is 1.20. The van der Waals surface area contributed by atoms with Crippen molar-refractivity contribution in [3.63, 3.8) is 0 Å². The lowest BCUT2D eigenvalue weighted by molar-refractivity contribution is -0.434. The maximum atomic E-state index is 12.9. The minimum Gasteiger partial charge on any atom is -0.321 e. The number of ether oxygens (including phenoxy) is 3. The van der Waals surface area contributed by atoms with Gasteiger partial charge in [-0.25, -0.2) is 0 Å². The maximum Gasteiger partial charge on any atom is 0.297 e. The molecule has 12 heteroatoms. The number of aryl methyl sites for hydroxylation is 2. The minimum atomic E-state index is -4.33. The Balaban J connectivity index is 1.45. The Labute approximate surface area is 190 Å². The van der Waals surface area contributed by atoms with Crippen LogP contribution in [0.5, 0.6) is 0 Å². The van der Waals surface area contributed by atoms with Crippen molar-refractivity contribution < 1.29 is 44.2 Å². The van der Waals surface area contributed by atoms with Crippen LogP contribution < -0.4 is 0 Å². The summed E-state index contributed by atoms with van der Waals surface area (Å²) in [4.78, 5) is 12.6. The van der Waals surface area contributed by atoms with Gasteiger partial charge < -0.3 is 14.2 Å². The highest BCUT2D eigenvalue weighted by molar-refractivity contribution is 7.87. The Kier molecular flexibility index (Phi) is 5.44. The highest BCUT2D eigenvalue weighted by Gasteiger charge is 2.65. The van der Waals surface area contributed by atoms with Crippen LogP contribution in [-0.2, 0) is 47.6 Å². The molecule has 3 saturated heterocycles. The van der Waals surface area contributed by atoms with Gasteiger partial charge in [-0.2, -0.15) is 16.8 Å². The van der Waals surface area contributed by atoms with E-state index in [4.69, 9.17) is 22.6 Å². The van der Waals surface area contributed by atoms with Crippen molar-refractivity contribution in [3.05, 3.63) is 59.7 Å². The van der Waals surface area contributed by atoms with Crippen LogP contribution in [0.3, 0.4) is 0 Å². The van der Waals surface area contributed by atoms with Gasteiger partial charge in [-0.15, -0.1) is 0 Å². The molecule has 1 saturated carbocycles. The molecule has 6 atom stereocenters. The van der Waals surface area contributed by atoms with Gasteiger partial charge in [-0.05, 0) is 38.1 Å². The van der Waals surface area contributed by atoms with Crippen molar-refractivity contribution in [3.8, 4) is 0 Å². The summed E-state index contributed by atoms with van der Waals surface area (Å²) < 4.78 is 78.3. The Morgan fingerprint density at radius 1 is 0.667 bits per heavy atom. The van der Waals surface area contributed by atoms with E-state index in [-0.39, 0.29) is 9.79 Å². The lowest BCUT2D eigenvalue weighted by Gasteiger charge is -2.53. The summed E-state index contributed by atoms with van der Waals surface area (Å²) >= 11 is 0. The van der Waals surface area contributed by atoms with Crippen molar-refractivity contribution in [2.24, 2.45) is 0 Å². The number of ketones is 1. The third-order valence-corrected chi connectivity index (χ3v) is 8.33. The Hall–Kier alpha value is -2.19. The molecule has 0 aromatic heterocycles. The summed E-state index contributed by atoms with van der Waals surface area (Å²) in [6.45, 7) is 2.34. The number of benzene rings is 2. The zero-order valence-electron chi connectivity index (χ0n) is 17.5. The third-order valence-electron chi connectivity index (χ3n) is 5.68. The molecule has 1 aliphatic carbocycles. The maximum absolute atomic E-state index is 12.9. The minimum absolute atomic E-state index is 0.129. The van der Waals surface area contributed by atoms with E-state index in [1.807, 2.05) is 0 Å². The summed E-state index contributed by atoms with van der Waals surface area (Å²) in [6, 6.07) is 11.8. The van der Waals surface area contributed by atoms with Crippen molar-refractivity contribution >= 4 is 26.0 Å². The van der Waals surface area contributed by atoms with E-state index in [0.717, 1.165) is 11.1 Å². The molecule has 3 aliphatic heterocycles. The van der Waals surface area contributed by atoms with Crippen LogP contribution in [0.2, 0.25) is 0 Å². The fourth-order valence-corrected chi connectivity index (χ4v) is 6.12. The van der Waals surface area contributed by atoms with Crippen molar-refractivity contribution in [2.75, 3.05) is 0 Å². The summed E-state index contributed by atoms with van der Waals surface area (Å²) in [6.07, 6.45) is -6.79. The molecule has 33 heavy (non-hydrogen) atoms. The molecule has 2 aromatic rings. The van der Waals surface area contributed by atoms with Gasteiger partial charge in [0.25, 0.3) is 26.7 Å². The van der Waals surface area contributed by atoms with Gasteiger partial charge in [0.15, 0.2) is 18.0 Å². The summed E-state index contributed by atoms with van der Waals surface area (Å²) in [7, 11) is -8.65. The number of hydrogen-bond acceptors (Lipinski definition) is 10. The molecule has 4 fully saturated rings. The Morgan fingerprint density at radius 3 is 1.45 bits per heavy atom. The zero-order valence-corrected chi connectivity index (χ0v) is 19.1. The second-order valence-electron chi connectivity index (χ2n) is 8.06. The molecule has 10 nitrogen and oxygen atoms in total. The molecule has 2 aromatic carbocycles. The van der Waals surface area contributed by atoms with Crippen molar-refractivity contribution in [1.29, 1.82) is 0 Å². The third kappa shape index (κ3) is 4.01. The van der Waals surface area contributed by atoms with Crippen LogP contribution in [0.15, 0.2) is 58.3 Å². The molecule has 3 heterocycles. The quantitative estimate of drug-likeness (QED) is 0.538. The molecule has 6 rings (SSSR count). The highest BCUT2D eigenvalue weighted by Crippen LogP contribution is 2.42. The number of carbonyl (C=O) groups is 1. The first-order chi connectivity index (χ1) is 15.5. The van der Waals surface area contributed by atoms with Gasteiger partial charge >= 0.3 is 0 Å². The van der Waals surface area contributed by atoms with E-state index in [1.165, 1.54) is 24.3 Å². The molecule has 0 spiro atoms. The lowest BCUT2D eigenvalue weighted by atomic mass is 9.84. The first-order valence-corrected chi connectivity index (χ1v) is 12.9. The summed E-state index contributed by atoms with van der Waals surface area (Å²) in [5.41, 5.74) is 1.69. The van der Waals surface area contributed by atoms with Gasteiger partial charge in [-0.1, -0.05) is 35.4 Å². The van der Waals surface area contributed by atoms with E-state index in [1.54, 1.807) is 38.1 Å². The van der Waals surface area contributed by atoms with E-state index in [2.05, 4.69) is 0 Å². The van der Waals surface area contributed by atoms with Gasteiger partial charge in [0.2, 0.25) is 0 Å². The average molecular weight is 497 g/mol. The molecule has 176 valence electrons. The standard InChI is InChI=1S/C21H20O10S2/c1-11-3-7-13(8-4-11)32(23,24)30-19-16-15(22)17-20(18(19)29-21(27-16)28-17)31-33(25,26)14-9-5-12(2)6-10-14/h3-10,16-21H,1-2H3/t16-,17+,18?,19-,20-,21?/m1/s1. The van der Waals surface area contributed by atoms with Crippen LogP contribution >= 0.6 is 0 Å². The van der Waals surface area contributed by atoms with Crippen LogP contribution in [0.25, 0.3) is 0 Å². The second kappa shape index (κ2) is 7.94. The lowest BCUT2D eigenvalue weighted by Crippen LogP contribution is -2.74. The van der Waals surface area contributed by atoms with E-state index in [0.29, 0.717) is 0 Å². The molecule has 0 N–H and O–H groups in total. The van der Waals surface area contributed by atoms with Crippen molar-refractivity contribution in [1.82, 2.24) is 0 Å². The number of rotatable bonds is 6. The number of Topliss-reactive ketones (excluding diaryl/α,β-unsaturated/α-hetero) is 1. The van der Waals surface area contributed by atoms with Gasteiger partial charge in [0.1, 0.15) is 18.3 Å². The molecule has 4 aliphatic rings. The van der Waals surface area contributed by atoms with Crippen molar-refractivity contribution in [2.45, 2.75) is 60.6 Å².